The van der Waals surface area contributed by atoms with Crippen molar-refractivity contribution < 1.29 is 24.2 Å². The molecule has 1 unspecified atom stereocenters. The molecule has 0 saturated carbocycles. The Hall–Kier alpha value is -1.32. The van der Waals surface area contributed by atoms with Gasteiger partial charge in [-0.2, -0.15) is 0 Å². The minimum absolute atomic E-state index is 0.0592. The van der Waals surface area contributed by atoms with E-state index in [1.165, 1.54) is 0 Å². The minimum atomic E-state index is -2.77. The van der Waals surface area contributed by atoms with Crippen molar-refractivity contribution >= 4 is 8.25 Å². The summed E-state index contributed by atoms with van der Waals surface area (Å²) in [7, 11) is -2.77. The zero-order valence-corrected chi connectivity index (χ0v) is 6.73. The van der Waals surface area contributed by atoms with Crippen molar-refractivity contribution in [1.29, 1.82) is 0 Å². The van der Waals surface area contributed by atoms with Crippen molar-refractivity contribution in [3.8, 4) is 17.2 Å². The molecule has 6 heteroatoms. The highest BCUT2D eigenvalue weighted by molar-refractivity contribution is 7.32. The summed E-state index contributed by atoms with van der Waals surface area (Å²) in [6.07, 6.45) is 0. The quantitative estimate of drug-likeness (QED) is 0.607. The lowest BCUT2D eigenvalue weighted by molar-refractivity contribution is 0.404. The van der Waals surface area contributed by atoms with E-state index in [9.17, 15) is 4.57 Å². The molecule has 0 saturated heterocycles. The highest BCUT2D eigenvalue weighted by atomic mass is 31.1. The molecule has 0 aromatic heterocycles. The molecule has 0 amide bonds. The average Bonchev–Trinajstić information content (AvgIpc) is 1.81. The van der Waals surface area contributed by atoms with Crippen LogP contribution in [0.1, 0.15) is 0 Å². The SMILES string of the molecule is O=[P+](O)Oc1cc(O)cc(O)c1. The van der Waals surface area contributed by atoms with Gasteiger partial charge in [0.1, 0.15) is 11.5 Å². The van der Waals surface area contributed by atoms with Crippen LogP contribution in [-0.2, 0) is 4.57 Å². The lowest BCUT2D eigenvalue weighted by atomic mass is 10.3. The minimum Gasteiger partial charge on any atom is -0.508 e. The summed E-state index contributed by atoms with van der Waals surface area (Å²) in [4.78, 5) is 8.31. The number of phenols is 2. The Kier molecular flexibility index (Phi) is 2.47. The molecule has 64 valence electrons. The summed E-state index contributed by atoms with van der Waals surface area (Å²) in [5.74, 6) is -0.528. The molecule has 5 nitrogen and oxygen atoms in total. The molecule has 1 aromatic rings. The maximum Gasteiger partial charge on any atom is 0.747 e. The molecule has 1 aromatic carbocycles. The maximum absolute atomic E-state index is 10.2. The van der Waals surface area contributed by atoms with Gasteiger partial charge in [0.15, 0.2) is 5.75 Å². The largest absolute Gasteiger partial charge is 0.747 e. The molecule has 0 heterocycles. The first-order chi connectivity index (χ1) is 5.58. The lowest BCUT2D eigenvalue weighted by Crippen LogP contribution is -1.79. The maximum atomic E-state index is 10.2. The van der Waals surface area contributed by atoms with Gasteiger partial charge in [-0.25, -0.2) is 4.52 Å². The van der Waals surface area contributed by atoms with E-state index in [4.69, 9.17) is 15.1 Å². The number of benzene rings is 1. The summed E-state index contributed by atoms with van der Waals surface area (Å²) in [6, 6.07) is 3.31. The van der Waals surface area contributed by atoms with Crippen LogP contribution in [0.25, 0.3) is 0 Å². The molecule has 12 heavy (non-hydrogen) atoms. The molecule has 0 aliphatic carbocycles. The number of hydrogen-bond acceptors (Lipinski definition) is 4. The van der Waals surface area contributed by atoms with Crippen LogP contribution < -0.4 is 4.52 Å². The Bertz CT molecular complexity index is 291. The van der Waals surface area contributed by atoms with E-state index in [-0.39, 0.29) is 17.2 Å². The third-order valence-corrected chi connectivity index (χ3v) is 1.43. The normalized spacial score (nSPS) is 10.9. The number of hydrogen-bond donors (Lipinski definition) is 3. The highest BCUT2D eigenvalue weighted by Crippen LogP contribution is 2.30. The topological polar surface area (TPSA) is 87.0 Å². The van der Waals surface area contributed by atoms with Crippen LogP contribution in [0.2, 0.25) is 0 Å². The molecule has 0 spiro atoms. The van der Waals surface area contributed by atoms with Crippen molar-refractivity contribution in [3.05, 3.63) is 18.2 Å². The van der Waals surface area contributed by atoms with E-state index in [1.807, 2.05) is 0 Å². The van der Waals surface area contributed by atoms with Crippen LogP contribution >= 0.6 is 8.25 Å². The molecule has 0 aliphatic heterocycles. The van der Waals surface area contributed by atoms with Crippen LogP contribution in [0, 0.1) is 0 Å². The van der Waals surface area contributed by atoms with E-state index >= 15 is 0 Å². The number of phenolic OH excluding ortho intramolecular Hbond substituents is 2. The van der Waals surface area contributed by atoms with Crippen LogP contribution in [0.3, 0.4) is 0 Å². The summed E-state index contributed by atoms with van der Waals surface area (Å²) in [6.45, 7) is 0. The van der Waals surface area contributed by atoms with Crippen molar-refractivity contribution in [3.63, 3.8) is 0 Å². The van der Waals surface area contributed by atoms with Gasteiger partial charge in [0.2, 0.25) is 0 Å². The first-order valence-electron chi connectivity index (χ1n) is 2.95. The second-order valence-corrected chi connectivity index (χ2v) is 2.67. The second kappa shape index (κ2) is 3.38. The van der Waals surface area contributed by atoms with Crippen LogP contribution in [0.4, 0.5) is 0 Å². The van der Waals surface area contributed by atoms with Gasteiger partial charge in [-0.15, -0.1) is 4.89 Å². The molecule has 1 atom stereocenters. The zero-order valence-electron chi connectivity index (χ0n) is 5.84. The lowest BCUT2D eigenvalue weighted by Gasteiger charge is -1.95. The first kappa shape index (κ1) is 8.77. The molecular formula is C6H6O5P+. The summed E-state index contributed by atoms with van der Waals surface area (Å²) >= 11 is 0. The Labute approximate surface area is 68.8 Å². The zero-order chi connectivity index (χ0) is 9.14. The summed E-state index contributed by atoms with van der Waals surface area (Å²) < 4.78 is 14.5. The van der Waals surface area contributed by atoms with Gasteiger partial charge in [0.25, 0.3) is 0 Å². The predicted molar refractivity (Wildman–Crippen MR) is 40.2 cm³/mol. The van der Waals surface area contributed by atoms with E-state index in [0.29, 0.717) is 0 Å². The molecule has 1 rings (SSSR count). The van der Waals surface area contributed by atoms with Gasteiger partial charge in [-0.1, -0.05) is 0 Å². The molecular weight excluding hydrogens is 183 g/mol. The van der Waals surface area contributed by atoms with Crippen molar-refractivity contribution in [2.24, 2.45) is 0 Å². The van der Waals surface area contributed by atoms with Crippen molar-refractivity contribution in [2.45, 2.75) is 0 Å². The fourth-order valence-electron chi connectivity index (χ4n) is 0.711. The highest BCUT2D eigenvalue weighted by Gasteiger charge is 2.15. The molecule has 3 N–H and O–H groups in total. The summed E-state index contributed by atoms with van der Waals surface area (Å²) in [5, 5.41) is 17.8. The van der Waals surface area contributed by atoms with Crippen LogP contribution in [0.5, 0.6) is 17.2 Å². The third-order valence-electron chi connectivity index (χ3n) is 1.06. The average molecular weight is 189 g/mol. The van der Waals surface area contributed by atoms with E-state index in [0.717, 1.165) is 18.2 Å². The fraction of sp³-hybridized carbons (Fsp3) is 0. The Morgan fingerprint density at radius 1 is 1.17 bits per heavy atom. The Balaban J connectivity index is 2.93. The van der Waals surface area contributed by atoms with Gasteiger partial charge in [0, 0.05) is 22.8 Å². The molecule has 0 aliphatic rings. The van der Waals surface area contributed by atoms with E-state index in [1.54, 1.807) is 0 Å². The van der Waals surface area contributed by atoms with Gasteiger partial charge in [0.05, 0.1) is 0 Å². The number of rotatable bonds is 2. The smallest absolute Gasteiger partial charge is 0.508 e. The van der Waals surface area contributed by atoms with E-state index in [2.05, 4.69) is 4.52 Å². The Morgan fingerprint density at radius 2 is 1.67 bits per heavy atom. The van der Waals surface area contributed by atoms with Crippen molar-refractivity contribution in [2.75, 3.05) is 0 Å². The fourth-order valence-corrected chi connectivity index (χ4v) is 0.997. The van der Waals surface area contributed by atoms with Crippen LogP contribution in [0.15, 0.2) is 18.2 Å². The van der Waals surface area contributed by atoms with Gasteiger partial charge >= 0.3 is 8.25 Å². The van der Waals surface area contributed by atoms with Crippen molar-refractivity contribution in [1.82, 2.24) is 0 Å². The van der Waals surface area contributed by atoms with Gasteiger partial charge in [-0.3, -0.25) is 0 Å². The van der Waals surface area contributed by atoms with Gasteiger partial charge in [-0.05, 0) is 0 Å². The number of aromatic hydroxyl groups is 2. The third kappa shape index (κ3) is 2.38. The van der Waals surface area contributed by atoms with Gasteiger partial charge < -0.3 is 10.2 Å². The second-order valence-electron chi connectivity index (χ2n) is 2.01. The monoisotopic (exact) mass is 189 g/mol. The first-order valence-corrected chi connectivity index (χ1v) is 4.08. The predicted octanol–water partition coefficient (Wildman–Crippen LogP) is 1.13. The standard InChI is InChI=1S/C6H5O5P/c7-4-1-5(8)3-6(2-4)11-12(9)10/h1-3H,(H2-,7,8,9,10)/p+1. The Morgan fingerprint density at radius 3 is 2.08 bits per heavy atom. The molecule has 0 bridgehead atoms. The molecule has 0 fully saturated rings. The van der Waals surface area contributed by atoms with Crippen LogP contribution in [-0.4, -0.2) is 15.1 Å². The molecule has 0 radical (unpaired) electrons. The summed E-state index contributed by atoms with van der Waals surface area (Å²) in [5.41, 5.74) is 0. The van der Waals surface area contributed by atoms with E-state index < -0.39 is 8.25 Å².